The van der Waals surface area contributed by atoms with Gasteiger partial charge in [0.25, 0.3) is 11.5 Å². The molecule has 4 N–H and O–H groups in total. The number of imidazole rings is 1. The summed E-state index contributed by atoms with van der Waals surface area (Å²) in [4.78, 5) is 34.1. The van der Waals surface area contributed by atoms with Crippen LogP contribution in [0.1, 0.15) is 0 Å². The summed E-state index contributed by atoms with van der Waals surface area (Å²) in [5.41, 5.74) is -0.342. The highest BCUT2D eigenvalue weighted by Gasteiger charge is 2.20. The lowest BCUT2D eigenvalue weighted by Crippen LogP contribution is -2.30. The number of H-pyrrole nitrogens is 2. The summed E-state index contributed by atoms with van der Waals surface area (Å²) < 4.78 is 8.14. The molecule has 0 aliphatic rings. The summed E-state index contributed by atoms with van der Waals surface area (Å²) in [6.07, 6.45) is -1.04. The molecule has 3 heterocycles. The van der Waals surface area contributed by atoms with E-state index in [1.54, 1.807) is 30.3 Å². The van der Waals surface area contributed by atoms with Gasteiger partial charge in [-0.2, -0.15) is 4.98 Å². The minimum absolute atomic E-state index is 0.0323. The van der Waals surface area contributed by atoms with Crippen molar-refractivity contribution in [3.05, 3.63) is 75.4 Å². The van der Waals surface area contributed by atoms with E-state index >= 15 is 0 Å². The number of azo groups is 1. The maximum absolute atomic E-state index is 12.6. The predicted molar refractivity (Wildman–Crippen MR) is 128 cm³/mol. The maximum Gasteiger partial charge on any atom is 0.329 e. The number of aryl methyl sites for hydroxylation is 1. The molecule has 1 atom stereocenters. The number of aliphatic hydroxyl groups excluding tert-OH is 1. The Morgan fingerprint density at radius 1 is 1.06 bits per heavy atom. The van der Waals surface area contributed by atoms with E-state index in [4.69, 9.17) is 4.74 Å². The van der Waals surface area contributed by atoms with E-state index in [-0.39, 0.29) is 41.8 Å². The van der Waals surface area contributed by atoms with Crippen LogP contribution in [0, 0.1) is 0 Å². The monoisotopic (exact) mass is 475 g/mol. The summed E-state index contributed by atoms with van der Waals surface area (Å²) in [5, 5.41) is 29.9. The Morgan fingerprint density at radius 3 is 2.60 bits per heavy atom. The van der Waals surface area contributed by atoms with E-state index in [0.29, 0.717) is 16.7 Å². The number of aromatic nitrogens is 5. The number of nitrogens with one attached hydrogen (secondary N) is 2. The summed E-state index contributed by atoms with van der Waals surface area (Å²) in [6.45, 7) is -0.175. The van der Waals surface area contributed by atoms with Crippen molar-refractivity contribution in [1.29, 1.82) is 0 Å². The molecule has 0 saturated heterocycles. The van der Waals surface area contributed by atoms with Crippen LogP contribution in [0.2, 0.25) is 0 Å². The molecule has 0 aliphatic carbocycles. The first-order chi connectivity index (χ1) is 16.9. The second kappa shape index (κ2) is 8.91. The molecular weight excluding hydrogens is 454 g/mol. The summed E-state index contributed by atoms with van der Waals surface area (Å²) in [7, 11) is 1.46. The molecule has 178 valence electrons. The van der Waals surface area contributed by atoms with Gasteiger partial charge >= 0.3 is 5.69 Å². The predicted octanol–water partition coefficient (Wildman–Crippen LogP) is 2.47. The lowest BCUT2D eigenvalue weighted by atomic mass is 10.2. The molecule has 5 aromatic rings. The highest BCUT2D eigenvalue weighted by Crippen LogP contribution is 2.36. The van der Waals surface area contributed by atoms with Crippen LogP contribution in [0.25, 0.3) is 22.1 Å². The van der Waals surface area contributed by atoms with Crippen LogP contribution in [0.4, 0.5) is 11.6 Å². The zero-order valence-electron chi connectivity index (χ0n) is 18.5. The fourth-order valence-electron chi connectivity index (χ4n) is 3.75. The fourth-order valence-corrected chi connectivity index (χ4v) is 3.75. The average Bonchev–Trinajstić information content (AvgIpc) is 3.37. The van der Waals surface area contributed by atoms with Crippen molar-refractivity contribution in [3.8, 4) is 11.6 Å². The van der Waals surface area contributed by atoms with E-state index in [1.165, 1.54) is 16.2 Å². The number of hydrogen-bond acceptors (Lipinski definition) is 8. The number of rotatable bonds is 7. The van der Waals surface area contributed by atoms with Crippen LogP contribution in [0.3, 0.4) is 0 Å². The van der Waals surface area contributed by atoms with Crippen molar-refractivity contribution in [2.24, 2.45) is 17.3 Å². The highest BCUT2D eigenvalue weighted by atomic mass is 16.5. The molecule has 0 aliphatic heterocycles. The molecule has 0 amide bonds. The first-order valence-electron chi connectivity index (χ1n) is 10.7. The van der Waals surface area contributed by atoms with Crippen LogP contribution in [0.5, 0.6) is 11.6 Å². The molecule has 12 heteroatoms. The lowest BCUT2D eigenvalue weighted by molar-refractivity contribution is 0.0937. The number of ether oxygens (including phenoxy) is 1. The molecule has 0 unspecified atom stereocenters. The molecule has 0 saturated carbocycles. The largest absolute Gasteiger partial charge is 0.493 e. The third-order valence-corrected chi connectivity index (χ3v) is 5.46. The standard InChI is InChI=1S/C23H21N7O5/c1-29-19-18(21(33)26-23(29)34)30(11-13(31)12-35-14-7-3-2-4-8-14)22(25-19)28-27-17-15-9-5-6-10-16(15)24-20(17)32/h2-10,13,24,31-32H,11-12H2,1H3,(H,26,33,34)/t13-/m1/s1. The van der Waals surface area contributed by atoms with Crippen LogP contribution in [-0.4, -0.2) is 47.0 Å². The molecule has 0 fully saturated rings. The van der Waals surface area contributed by atoms with Gasteiger partial charge in [0.15, 0.2) is 16.9 Å². The average molecular weight is 475 g/mol. The van der Waals surface area contributed by atoms with Gasteiger partial charge in [-0.1, -0.05) is 36.4 Å². The fraction of sp³-hybridized carbons (Fsp3) is 0.174. The number of aliphatic hydroxyl groups is 1. The Morgan fingerprint density at radius 2 is 1.80 bits per heavy atom. The minimum atomic E-state index is -1.04. The number of aromatic amines is 2. The Bertz CT molecular complexity index is 1660. The summed E-state index contributed by atoms with van der Waals surface area (Å²) in [5.74, 6) is 0.367. The van der Waals surface area contributed by atoms with Crippen molar-refractivity contribution < 1.29 is 14.9 Å². The van der Waals surface area contributed by atoms with Gasteiger partial charge in [-0.05, 0) is 18.2 Å². The van der Waals surface area contributed by atoms with E-state index in [0.717, 1.165) is 0 Å². The molecule has 35 heavy (non-hydrogen) atoms. The molecule has 0 radical (unpaired) electrons. The maximum atomic E-state index is 12.6. The molecule has 0 bridgehead atoms. The van der Waals surface area contributed by atoms with Gasteiger partial charge in [-0.25, -0.2) is 4.79 Å². The van der Waals surface area contributed by atoms with E-state index < -0.39 is 17.4 Å². The molecule has 12 nitrogen and oxygen atoms in total. The number of para-hydroxylation sites is 2. The number of nitrogens with zero attached hydrogens (tertiary/aromatic N) is 5. The van der Waals surface area contributed by atoms with E-state index in [1.807, 2.05) is 24.3 Å². The zero-order chi connectivity index (χ0) is 24.5. The number of hydrogen-bond donors (Lipinski definition) is 4. The normalized spacial score (nSPS) is 12.6. The third-order valence-electron chi connectivity index (χ3n) is 5.46. The van der Waals surface area contributed by atoms with Gasteiger partial charge in [0.2, 0.25) is 5.88 Å². The summed E-state index contributed by atoms with van der Waals surface area (Å²) in [6, 6.07) is 16.1. The van der Waals surface area contributed by atoms with E-state index in [2.05, 4.69) is 25.2 Å². The van der Waals surface area contributed by atoms with Crippen LogP contribution < -0.4 is 16.0 Å². The van der Waals surface area contributed by atoms with Crippen molar-refractivity contribution in [2.45, 2.75) is 12.6 Å². The first-order valence-corrected chi connectivity index (χ1v) is 10.7. The van der Waals surface area contributed by atoms with Gasteiger partial charge in [0.1, 0.15) is 18.5 Å². The van der Waals surface area contributed by atoms with Gasteiger partial charge in [0, 0.05) is 12.4 Å². The van der Waals surface area contributed by atoms with Crippen LogP contribution in [0.15, 0.2) is 74.4 Å². The number of benzene rings is 2. The Hall–Kier alpha value is -4.71. The smallest absolute Gasteiger partial charge is 0.329 e. The minimum Gasteiger partial charge on any atom is -0.493 e. The van der Waals surface area contributed by atoms with Gasteiger partial charge in [0.05, 0.1) is 12.1 Å². The quantitative estimate of drug-likeness (QED) is 0.264. The molecule has 3 aromatic heterocycles. The topological polar surface area (TPSA) is 163 Å². The number of fused-ring (bicyclic) bond motifs is 2. The van der Waals surface area contributed by atoms with Gasteiger partial charge in [-0.3, -0.25) is 18.9 Å². The van der Waals surface area contributed by atoms with Crippen molar-refractivity contribution in [2.75, 3.05) is 6.61 Å². The summed E-state index contributed by atoms with van der Waals surface area (Å²) >= 11 is 0. The molecular formula is C23H21N7O5. The molecule has 0 spiro atoms. The third kappa shape index (κ3) is 4.17. The number of aromatic hydroxyl groups is 1. The SMILES string of the molecule is Cn1c(=O)[nH]c(=O)c2c1nc(N=Nc1c(O)[nH]c3ccccc13)n2C[C@@H](O)COc1ccccc1. The molecule has 2 aromatic carbocycles. The Labute approximate surface area is 196 Å². The van der Waals surface area contributed by atoms with Crippen molar-refractivity contribution in [1.82, 2.24) is 24.1 Å². The Kier molecular flexibility index (Phi) is 5.63. The second-order valence-electron chi connectivity index (χ2n) is 7.86. The van der Waals surface area contributed by atoms with Crippen molar-refractivity contribution >= 4 is 33.7 Å². The van der Waals surface area contributed by atoms with E-state index in [9.17, 15) is 19.8 Å². The highest BCUT2D eigenvalue weighted by molar-refractivity contribution is 5.94. The molecule has 5 rings (SSSR count). The van der Waals surface area contributed by atoms with Crippen LogP contribution in [-0.2, 0) is 13.6 Å². The second-order valence-corrected chi connectivity index (χ2v) is 7.86. The zero-order valence-corrected chi connectivity index (χ0v) is 18.5. The van der Waals surface area contributed by atoms with Crippen molar-refractivity contribution in [3.63, 3.8) is 0 Å². The first kappa shape index (κ1) is 22.1. The van der Waals surface area contributed by atoms with Gasteiger partial charge in [-0.15, -0.1) is 10.2 Å². The van der Waals surface area contributed by atoms with Gasteiger partial charge < -0.3 is 19.9 Å². The Balaban J connectivity index is 1.54. The lowest BCUT2D eigenvalue weighted by Gasteiger charge is -2.14. The van der Waals surface area contributed by atoms with Crippen LogP contribution >= 0.6 is 0 Å².